The Kier molecular flexibility index (Phi) is 2.93. The molecule has 0 aromatic carbocycles. The molecule has 2 atom stereocenters. The Morgan fingerprint density at radius 2 is 2.20 bits per heavy atom. The van der Waals surface area contributed by atoms with Gasteiger partial charge in [-0.3, -0.25) is 0 Å². The maximum absolute atomic E-state index is 3.57. The van der Waals surface area contributed by atoms with E-state index in [2.05, 4.69) is 47.3 Å². The van der Waals surface area contributed by atoms with E-state index in [0.29, 0.717) is 10.7 Å². The van der Waals surface area contributed by atoms with Gasteiger partial charge in [-0.15, -0.1) is 11.3 Å². The first-order chi connectivity index (χ1) is 4.72. The summed E-state index contributed by atoms with van der Waals surface area (Å²) in [6, 6.07) is 4.29. The number of alkyl halides is 1. The molecule has 0 bridgehead atoms. The van der Waals surface area contributed by atoms with Crippen molar-refractivity contribution in [1.29, 1.82) is 0 Å². The van der Waals surface area contributed by atoms with E-state index in [0.717, 1.165) is 0 Å². The molecular weight excluding hydrogens is 208 g/mol. The molecular formula is C8H11BrS. The van der Waals surface area contributed by atoms with Gasteiger partial charge in [0.25, 0.3) is 0 Å². The van der Waals surface area contributed by atoms with Crippen LogP contribution in [-0.2, 0) is 0 Å². The lowest BCUT2D eigenvalue weighted by Gasteiger charge is -2.10. The molecule has 56 valence electrons. The lowest BCUT2D eigenvalue weighted by atomic mass is 10.1. The summed E-state index contributed by atoms with van der Waals surface area (Å²) in [5.41, 5.74) is 0. The molecule has 1 heterocycles. The van der Waals surface area contributed by atoms with E-state index in [9.17, 15) is 0 Å². The van der Waals surface area contributed by atoms with E-state index in [1.807, 2.05) is 11.3 Å². The molecule has 1 rings (SSSR count). The standard InChI is InChI=1S/C8H11BrS/c1-6(7(2)9)8-4-3-5-10-8/h3-7H,1-2H3/t6-,7-/m1/s1. The minimum Gasteiger partial charge on any atom is -0.149 e. The van der Waals surface area contributed by atoms with E-state index in [4.69, 9.17) is 0 Å². The van der Waals surface area contributed by atoms with Gasteiger partial charge >= 0.3 is 0 Å². The van der Waals surface area contributed by atoms with E-state index >= 15 is 0 Å². The van der Waals surface area contributed by atoms with Gasteiger partial charge in [-0.2, -0.15) is 0 Å². The van der Waals surface area contributed by atoms with Crippen molar-refractivity contribution in [3.05, 3.63) is 22.4 Å². The average molecular weight is 219 g/mol. The maximum Gasteiger partial charge on any atom is 0.0191 e. The van der Waals surface area contributed by atoms with Gasteiger partial charge in [0.05, 0.1) is 0 Å². The first kappa shape index (κ1) is 8.28. The van der Waals surface area contributed by atoms with Crippen molar-refractivity contribution in [2.45, 2.75) is 24.6 Å². The van der Waals surface area contributed by atoms with Crippen LogP contribution in [0.2, 0.25) is 0 Å². The predicted molar refractivity (Wildman–Crippen MR) is 51.1 cm³/mol. The normalized spacial score (nSPS) is 16.7. The minimum atomic E-state index is 0.575. The van der Waals surface area contributed by atoms with Crippen molar-refractivity contribution < 1.29 is 0 Å². The molecule has 0 aliphatic rings. The van der Waals surface area contributed by atoms with Crippen LogP contribution in [-0.4, -0.2) is 4.83 Å². The summed E-state index contributed by atoms with van der Waals surface area (Å²) in [4.78, 5) is 2.04. The maximum atomic E-state index is 3.57. The monoisotopic (exact) mass is 218 g/mol. The van der Waals surface area contributed by atoms with Gasteiger partial charge in [0, 0.05) is 15.6 Å². The van der Waals surface area contributed by atoms with Crippen LogP contribution in [0.5, 0.6) is 0 Å². The van der Waals surface area contributed by atoms with Crippen LogP contribution < -0.4 is 0 Å². The molecule has 0 fully saturated rings. The molecule has 0 radical (unpaired) electrons. The van der Waals surface area contributed by atoms with Crippen molar-refractivity contribution in [3.8, 4) is 0 Å². The van der Waals surface area contributed by atoms with Crippen LogP contribution in [0.3, 0.4) is 0 Å². The third kappa shape index (κ3) is 1.83. The fourth-order valence-electron chi connectivity index (χ4n) is 0.777. The van der Waals surface area contributed by atoms with Gasteiger partial charge in [0.15, 0.2) is 0 Å². The second kappa shape index (κ2) is 3.54. The molecule has 0 saturated heterocycles. The Balaban J connectivity index is 2.68. The number of halogens is 1. The molecule has 0 N–H and O–H groups in total. The summed E-state index contributed by atoms with van der Waals surface area (Å²) in [6.07, 6.45) is 0. The summed E-state index contributed by atoms with van der Waals surface area (Å²) in [6.45, 7) is 4.43. The van der Waals surface area contributed by atoms with Crippen LogP contribution in [0.15, 0.2) is 17.5 Å². The largest absolute Gasteiger partial charge is 0.149 e. The molecule has 0 saturated carbocycles. The Morgan fingerprint density at radius 1 is 1.50 bits per heavy atom. The third-order valence-electron chi connectivity index (χ3n) is 1.68. The smallest absolute Gasteiger partial charge is 0.0191 e. The summed E-state index contributed by atoms with van der Waals surface area (Å²) in [5.74, 6) is 0.639. The van der Waals surface area contributed by atoms with Crippen LogP contribution in [0.1, 0.15) is 24.6 Å². The van der Waals surface area contributed by atoms with Crippen molar-refractivity contribution in [3.63, 3.8) is 0 Å². The van der Waals surface area contributed by atoms with Crippen molar-refractivity contribution >= 4 is 27.3 Å². The molecule has 0 amide bonds. The zero-order valence-corrected chi connectivity index (χ0v) is 8.58. The molecule has 1 aromatic rings. The highest BCUT2D eigenvalue weighted by molar-refractivity contribution is 9.09. The van der Waals surface area contributed by atoms with E-state index in [1.165, 1.54) is 4.88 Å². The van der Waals surface area contributed by atoms with Crippen LogP contribution in [0.4, 0.5) is 0 Å². The van der Waals surface area contributed by atoms with Gasteiger partial charge in [0.2, 0.25) is 0 Å². The van der Waals surface area contributed by atoms with E-state index < -0.39 is 0 Å². The summed E-state index contributed by atoms with van der Waals surface area (Å²) in [7, 11) is 0. The molecule has 2 heteroatoms. The third-order valence-corrected chi connectivity index (χ3v) is 3.55. The number of hydrogen-bond donors (Lipinski definition) is 0. The van der Waals surface area contributed by atoms with Crippen LogP contribution in [0, 0.1) is 0 Å². The number of thiophene rings is 1. The highest BCUT2D eigenvalue weighted by Crippen LogP contribution is 2.27. The highest BCUT2D eigenvalue weighted by Gasteiger charge is 2.10. The van der Waals surface area contributed by atoms with Crippen LogP contribution in [0.25, 0.3) is 0 Å². The van der Waals surface area contributed by atoms with Crippen molar-refractivity contribution in [2.24, 2.45) is 0 Å². The summed E-state index contributed by atoms with van der Waals surface area (Å²) >= 11 is 5.40. The molecule has 0 spiro atoms. The molecule has 10 heavy (non-hydrogen) atoms. The Hall–Kier alpha value is 0.180. The van der Waals surface area contributed by atoms with Crippen molar-refractivity contribution in [2.75, 3.05) is 0 Å². The quantitative estimate of drug-likeness (QED) is 0.666. The second-order valence-electron chi connectivity index (χ2n) is 2.48. The Labute approximate surface area is 74.4 Å². The Morgan fingerprint density at radius 3 is 2.60 bits per heavy atom. The SMILES string of the molecule is C[C@@H](Br)[C@@H](C)c1cccs1. The number of hydrogen-bond acceptors (Lipinski definition) is 1. The van der Waals surface area contributed by atoms with Crippen molar-refractivity contribution in [1.82, 2.24) is 0 Å². The second-order valence-corrected chi connectivity index (χ2v) is 4.91. The first-order valence-corrected chi connectivity index (χ1v) is 5.19. The highest BCUT2D eigenvalue weighted by atomic mass is 79.9. The van der Waals surface area contributed by atoms with Gasteiger partial charge in [-0.25, -0.2) is 0 Å². The molecule has 0 aliphatic heterocycles. The molecule has 0 nitrogen and oxygen atoms in total. The lowest BCUT2D eigenvalue weighted by molar-refractivity contribution is 0.777. The molecule has 0 aliphatic carbocycles. The van der Waals surface area contributed by atoms with Gasteiger partial charge in [0.1, 0.15) is 0 Å². The fourth-order valence-corrected chi connectivity index (χ4v) is 2.13. The predicted octanol–water partition coefficient (Wildman–Crippen LogP) is 3.64. The first-order valence-electron chi connectivity index (χ1n) is 3.39. The summed E-state index contributed by atoms with van der Waals surface area (Å²) < 4.78 is 0. The number of rotatable bonds is 2. The summed E-state index contributed by atoms with van der Waals surface area (Å²) in [5, 5.41) is 2.13. The average Bonchev–Trinajstić information content (AvgIpc) is 2.36. The van der Waals surface area contributed by atoms with E-state index in [-0.39, 0.29) is 0 Å². The van der Waals surface area contributed by atoms with E-state index in [1.54, 1.807) is 0 Å². The van der Waals surface area contributed by atoms with Crippen LogP contribution >= 0.6 is 27.3 Å². The minimum absolute atomic E-state index is 0.575. The molecule has 0 unspecified atom stereocenters. The van der Waals surface area contributed by atoms with Gasteiger partial charge < -0.3 is 0 Å². The zero-order chi connectivity index (χ0) is 7.56. The van der Waals surface area contributed by atoms with Gasteiger partial charge in [-0.1, -0.05) is 35.8 Å². The molecule has 1 aromatic heterocycles. The lowest BCUT2D eigenvalue weighted by Crippen LogP contribution is -2.01. The topological polar surface area (TPSA) is 0 Å². The van der Waals surface area contributed by atoms with Gasteiger partial charge in [-0.05, 0) is 11.4 Å². The fraction of sp³-hybridized carbons (Fsp3) is 0.500. The zero-order valence-electron chi connectivity index (χ0n) is 6.17. The Bertz CT molecular complexity index is 179.